The minimum absolute atomic E-state index is 0.154. The first-order valence-electron chi connectivity index (χ1n) is 6.48. The molecule has 116 valence electrons. The van der Waals surface area contributed by atoms with Crippen LogP contribution < -0.4 is 10.6 Å². The van der Waals surface area contributed by atoms with E-state index in [1.807, 2.05) is 0 Å². The van der Waals surface area contributed by atoms with E-state index in [0.29, 0.717) is 5.69 Å². The minimum atomic E-state index is -0.564. The number of amides is 2. The second kappa shape index (κ2) is 5.93. The summed E-state index contributed by atoms with van der Waals surface area (Å²) >= 11 is 5.93. The smallest absolute Gasteiger partial charge is 0.323 e. The highest BCUT2D eigenvalue weighted by Crippen LogP contribution is 2.27. The van der Waals surface area contributed by atoms with Crippen LogP contribution in [0.2, 0.25) is 5.02 Å². The third-order valence-electron chi connectivity index (χ3n) is 3.09. The van der Waals surface area contributed by atoms with Crippen LogP contribution in [-0.4, -0.2) is 20.9 Å². The Balaban J connectivity index is 1.76. The average molecular weight is 332 g/mol. The summed E-state index contributed by atoms with van der Waals surface area (Å²) in [6, 6.07) is 8.41. The number of aromatic nitrogens is 2. The van der Waals surface area contributed by atoms with Gasteiger partial charge in [0, 0.05) is 17.8 Å². The number of hydrogen-bond donors (Lipinski definition) is 3. The Morgan fingerprint density at radius 3 is 2.83 bits per heavy atom. The predicted molar refractivity (Wildman–Crippen MR) is 86.8 cm³/mol. The van der Waals surface area contributed by atoms with Gasteiger partial charge in [-0.1, -0.05) is 11.6 Å². The molecule has 0 bridgehead atoms. The van der Waals surface area contributed by atoms with Gasteiger partial charge in [-0.3, -0.25) is 10.1 Å². The number of carbonyl (C=O) groups is 1. The number of hydrogen-bond acceptors (Lipinski definition) is 4. The highest BCUT2D eigenvalue weighted by molar-refractivity contribution is 6.33. The zero-order chi connectivity index (χ0) is 16.4. The molecule has 2 amide bonds. The zero-order valence-corrected chi connectivity index (χ0v) is 12.3. The zero-order valence-electron chi connectivity index (χ0n) is 11.5. The number of urea groups is 1. The fourth-order valence-electron chi connectivity index (χ4n) is 2.02. The molecule has 0 aliphatic rings. The van der Waals surface area contributed by atoms with Crippen molar-refractivity contribution < 1.29 is 9.72 Å². The lowest BCUT2D eigenvalue weighted by Crippen LogP contribution is -2.19. The van der Waals surface area contributed by atoms with Gasteiger partial charge in [0.15, 0.2) is 0 Å². The number of nitrogens with one attached hydrogen (secondary N) is 3. The van der Waals surface area contributed by atoms with Crippen molar-refractivity contribution in [1.29, 1.82) is 0 Å². The number of fused-ring (bicyclic) bond motifs is 1. The van der Waals surface area contributed by atoms with Crippen molar-refractivity contribution in [3.63, 3.8) is 0 Å². The van der Waals surface area contributed by atoms with Crippen molar-refractivity contribution in [2.45, 2.75) is 0 Å². The molecule has 0 saturated heterocycles. The molecule has 0 fully saturated rings. The number of benzene rings is 2. The number of nitro benzene ring substituents is 1. The van der Waals surface area contributed by atoms with Crippen molar-refractivity contribution in [3.8, 4) is 0 Å². The minimum Gasteiger partial charge on any atom is -0.345 e. The predicted octanol–water partition coefficient (Wildman–Crippen LogP) is 3.77. The molecule has 0 saturated carbocycles. The van der Waals surface area contributed by atoms with Gasteiger partial charge in [0.25, 0.3) is 5.69 Å². The first-order valence-corrected chi connectivity index (χ1v) is 6.86. The van der Waals surface area contributed by atoms with E-state index in [-0.39, 0.29) is 16.4 Å². The van der Waals surface area contributed by atoms with E-state index in [1.165, 1.54) is 18.2 Å². The summed E-state index contributed by atoms with van der Waals surface area (Å²) < 4.78 is 0. The Labute approximate surface area is 134 Å². The Bertz CT molecular complexity index is 908. The number of non-ortho nitro benzene ring substituents is 1. The van der Waals surface area contributed by atoms with Crippen molar-refractivity contribution in [3.05, 3.63) is 57.9 Å². The first kappa shape index (κ1) is 14.8. The highest BCUT2D eigenvalue weighted by atomic mass is 35.5. The van der Waals surface area contributed by atoms with Crippen molar-refractivity contribution in [2.75, 3.05) is 10.6 Å². The highest BCUT2D eigenvalue weighted by Gasteiger charge is 2.12. The number of carbonyl (C=O) groups excluding carboxylic acids is 1. The first-order chi connectivity index (χ1) is 11.0. The fourth-order valence-corrected chi connectivity index (χ4v) is 2.19. The summed E-state index contributed by atoms with van der Waals surface area (Å²) in [4.78, 5) is 29.2. The maximum absolute atomic E-state index is 12.0. The monoisotopic (exact) mass is 331 g/mol. The van der Waals surface area contributed by atoms with Gasteiger partial charge in [-0.25, -0.2) is 9.78 Å². The molecule has 3 N–H and O–H groups in total. The molecule has 3 aromatic rings. The number of rotatable bonds is 3. The van der Waals surface area contributed by atoms with Gasteiger partial charge >= 0.3 is 6.03 Å². The number of halogens is 1. The van der Waals surface area contributed by atoms with E-state index >= 15 is 0 Å². The summed E-state index contributed by atoms with van der Waals surface area (Å²) in [5.41, 5.74) is 2.08. The van der Waals surface area contributed by atoms with Crippen molar-refractivity contribution >= 4 is 45.7 Å². The van der Waals surface area contributed by atoms with Crippen LogP contribution in [0.25, 0.3) is 11.0 Å². The maximum Gasteiger partial charge on any atom is 0.323 e. The van der Waals surface area contributed by atoms with Crippen LogP contribution in [0.3, 0.4) is 0 Å². The summed E-state index contributed by atoms with van der Waals surface area (Å²) in [5.74, 6) is 0. The normalized spacial score (nSPS) is 10.5. The molecule has 3 rings (SSSR count). The molecule has 0 unspecified atom stereocenters. The lowest BCUT2D eigenvalue weighted by atomic mass is 10.2. The molecule has 0 aliphatic heterocycles. The molecule has 1 heterocycles. The van der Waals surface area contributed by atoms with Gasteiger partial charge < -0.3 is 15.6 Å². The van der Waals surface area contributed by atoms with Crippen LogP contribution in [0.4, 0.5) is 21.9 Å². The summed E-state index contributed by atoms with van der Waals surface area (Å²) in [5, 5.41) is 16.1. The van der Waals surface area contributed by atoms with Crippen molar-refractivity contribution in [2.24, 2.45) is 0 Å². The molecular weight excluding hydrogens is 322 g/mol. The lowest BCUT2D eigenvalue weighted by Gasteiger charge is -2.09. The number of nitrogens with zero attached hydrogens (tertiary/aromatic N) is 2. The average Bonchev–Trinajstić information content (AvgIpc) is 2.96. The van der Waals surface area contributed by atoms with E-state index in [9.17, 15) is 14.9 Å². The van der Waals surface area contributed by atoms with Crippen LogP contribution in [0.5, 0.6) is 0 Å². The Morgan fingerprint density at radius 2 is 2.04 bits per heavy atom. The standard InChI is InChI=1S/C14H10ClN5O3/c15-10-3-2-9(20(22)23)6-12(10)19-14(21)18-8-1-4-11-13(5-8)17-7-16-11/h1-7H,(H,16,17)(H2,18,19,21). The van der Waals surface area contributed by atoms with E-state index in [1.54, 1.807) is 24.5 Å². The summed E-state index contributed by atoms with van der Waals surface area (Å²) in [7, 11) is 0. The maximum atomic E-state index is 12.0. The van der Waals surface area contributed by atoms with Gasteiger partial charge in [-0.05, 0) is 24.3 Å². The van der Waals surface area contributed by atoms with E-state index in [0.717, 1.165) is 11.0 Å². The Kier molecular flexibility index (Phi) is 3.82. The molecule has 9 heteroatoms. The number of aromatic amines is 1. The third kappa shape index (κ3) is 3.22. The number of anilines is 2. The largest absolute Gasteiger partial charge is 0.345 e. The number of H-pyrrole nitrogens is 1. The molecule has 8 nitrogen and oxygen atoms in total. The topological polar surface area (TPSA) is 113 Å². The quantitative estimate of drug-likeness (QED) is 0.500. The summed E-state index contributed by atoms with van der Waals surface area (Å²) in [6.07, 6.45) is 1.55. The molecule has 0 spiro atoms. The van der Waals surface area contributed by atoms with E-state index in [2.05, 4.69) is 20.6 Å². The third-order valence-corrected chi connectivity index (χ3v) is 3.42. The van der Waals surface area contributed by atoms with Gasteiger partial charge in [-0.2, -0.15) is 0 Å². The van der Waals surface area contributed by atoms with Crippen LogP contribution in [0, 0.1) is 10.1 Å². The van der Waals surface area contributed by atoms with Gasteiger partial charge in [0.2, 0.25) is 0 Å². The molecule has 23 heavy (non-hydrogen) atoms. The molecule has 0 radical (unpaired) electrons. The van der Waals surface area contributed by atoms with E-state index in [4.69, 9.17) is 11.6 Å². The van der Waals surface area contributed by atoms with Crippen LogP contribution >= 0.6 is 11.6 Å². The van der Waals surface area contributed by atoms with Crippen molar-refractivity contribution in [1.82, 2.24) is 9.97 Å². The van der Waals surface area contributed by atoms with Crippen LogP contribution in [-0.2, 0) is 0 Å². The number of imidazole rings is 1. The fraction of sp³-hybridized carbons (Fsp3) is 0. The molecular formula is C14H10ClN5O3. The Morgan fingerprint density at radius 1 is 1.22 bits per heavy atom. The van der Waals surface area contributed by atoms with Crippen LogP contribution in [0.15, 0.2) is 42.7 Å². The molecule has 2 aromatic carbocycles. The Hall–Kier alpha value is -3.13. The second-order valence-corrected chi connectivity index (χ2v) is 5.04. The van der Waals surface area contributed by atoms with Gasteiger partial charge in [0.1, 0.15) is 0 Å². The lowest BCUT2D eigenvalue weighted by molar-refractivity contribution is -0.384. The molecule has 0 aliphatic carbocycles. The van der Waals surface area contributed by atoms with Crippen LogP contribution in [0.1, 0.15) is 0 Å². The van der Waals surface area contributed by atoms with E-state index < -0.39 is 11.0 Å². The summed E-state index contributed by atoms with van der Waals surface area (Å²) in [6.45, 7) is 0. The van der Waals surface area contributed by atoms with Gasteiger partial charge in [0.05, 0.1) is 33.0 Å². The van der Waals surface area contributed by atoms with Gasteiger partial charge in [-0.15, -0.1) is 0 Å². The second-order valence-electron chi connectivity index (χ2n) is 4.63. The number of nitro groups is 1. The molecule has 1 aromatic heterocycles. The molecule has 0 atom stereocenters. The SMILES string of the molecule is O=C(Nc1ccc2nc[nH]c2c1)Nc1cc([N+](=O)[O-])ccc1Cl.